The molecule has 0 aromatic rings. The first-order valence-electron chi connectivity index (χ1n) is 13.7. The summed E-state index contributed by atoms with van der Waals surface area (Å²) in [6, 6.07) is -1.74. The summed E-state index contributed by atoms with van der Waals surface area (Å²) >= 11 is 9.42. The second-order valence-electron chi connectivity index (χ2n) is 10.7. The minimum atomic E-state index is -0.868. The Balaban J connectivity index is 1.86. The molecule has 1 saturated carbocycles. The molecule has 2 fully saturated rings. The van der Waals surface area contributed by atoms with E-state index in [0.717, 1.165) is 25.7 Å². The van der Waals surface area contributed by atoms with Gasteiger partial charge in [0.2, 0.25) is 23.6 Å². The number of ether oxygens (including phenoxy) is 1. The van der Waals surface area contributed by atoms with E-state index in [2.05, 4.69) is 34.4 Å². The number of halogens is 2. The van der Waals surface area contributed by atoms with E-state index in [9.17, 15) is 19.2 Å². The standard InChI is InChI=1S/C29H40BrClN4O5/c1-19(31)14-22(20(2)30)16-25-29(39)35-12-7-8-23(35)18-40-13-6-5-9-24(28(38)32-17-27(37)34(25)4)33(3)26(36)15-21-10-11-21/h5-6,14,21,23-25H,1-2,7-13,15-18H2,3-4H3,(H,32,38)/b6-5+,22-14-/t23?,24?,25-/m0/s1. The van der Waals surface area contributed by atoms with Crippen LogP contribution in [0.2, 0.25) is 0 Å². The fourth-order valence-electron chi connectivity index (χ4n) is 5.00. The zero-order valence-electron chi connectivity index (χ0n) is 23.4. The monoisotopic (exact) mass is 638 g/mol. The summed E-state index contributed by atoms with van der Waals surface area (Å²) in [5, 5.41) is 2.97. The minimum Gasteiger partial charge on any atom is -0.375 e. The van der Waals surface area contributed by atoms with Gasteiger partial charge in [-0.25, -0.2) is 0 Å². The van der Waals surface area contributed by atoms with Gasteiger partial charge in [-0.2, -0.15) is 0 Å². The van der Waals surface area contributed by atoms with Crippen molar-refractivity contribution in [1.82, 2.24) is 20.0 Å². The van der Waals surface area contributed by atoms with Crippen molar-refractivity contribution in [3.63, 3.8) is 0 Å². The fourth-order valence-corrected chi connectivity index (χ4v) is 5.41. The molecule has 3 rings (SSSR count). The number of carbonyl (C=O) groups is 4. The molecule has 2 unspecified atom stereocenters. The van der Waals surface area contributed by atoms with Crippen LogP contribution in [0.5, 0.6) is 0 Å². The van der Waals surface area contributed by atoms with Crippen molar-refractivity contribution in [1.29, 1.82) is 0 Å². The zero-order valence-corrected chi connectivity index (χ0v) is 25.7. The molecular formula is C29H40BrClN4O5. The molecule has 1 aliphatic carbocycles. The molecule has 0 bridgehead atoms. The van der Waals surface area contributed by atoms with Crippen LogP contribution >= 0.6 is 27.5 Å². The van der Waals surface area contributed by atoms with Gasteiger partial charge in [-0.3, -0.25) is 19.2 Å². The minimum absolute atomic E-state index is 0.0904. The van der Waals surface area contributed by atoms with Crippen LogP contribution in [0.4, 0.5) is 0 Å². The number of carbonyl (C=O) groups excluding carboxylic acids is 4. The molecule has 2 aliphatic heterocycles. The molecule has 3 atom stereocenters. The Hall–Kier alpha value is -2.43. The number of nitrogens with zero attached hydrogens (tertiary/aromatic N) is 3. The predicted octanol–water partition coefficient (Wildman–Crippen LogP) is 3.50. The van der Waals surface area contributed by atoms with Crippen molar-refractivity contribution in [2.75, 3.05) is 40.4 Å². The molecule has 3 aliphatic rings. The van der Waals surface area contributed by atoms with Crippen LogP contribution in [0.3, 0.4) is 0 Å². The lowest BCUT2D eigenvalue weighted by Gasteiger charge is -2.34. The number of likely N-dealkylation sites (N-methyl/N-ethyl adjacent to an activating group) is 2. The van der Waals surface area contributed by atoms with Gasteiger partial charge in [-0.05, 0) is 49.7 Å². The highest BCUT2D eigenvalue weighted by atomic mass is 79.9. The summed E-state index contributed by atoms with van der Waals surface area (Å²) in [5.74, 6) is -0.775. The maximum Gasteiger partial charge on any atom is 0.246 e. The van der Waals surface area contributed by atoms with Gasteiger partial charge in [0, 0.05) is 43.0 Å². The average Bonchev–Trinajstić information content (AvgIpc) is 3.60. The van der Waals surface area contributed by atoms with Crippen LogP contribution in [0, 0.1) is 5.92 Å². The molecule has 4 amide bonds. The van der Waals surface area contributed by atoms with E-state index in [4.69, 9.17) is 16.3 Å². The highest BCUT2D eigenvalue weighted by molar-refractivity contribution is 9.11. The summed E-state index contributed by atoms with van der Waals surface area (Å²) in [6.07, 6.45) is 9.84. The second kappa shape index (κ2) is 15.0. The third-order valence-electron chi connectivity index (χ3n) is 7.69. The number of nitrogens with one attached hydrogen (secondary N) is 1. The molecule has 220 valence electrons. The van der Waals surface area contributed by atoms with E-state index in [1.54, 1.807) is 25.1 Å². The molecule has 40 heavy (non-hydrogen) atoms. The van der Waals surface area contributed by atoms with Crippen LogP contribution in [-0.2, 0) is 23.9 Å². The molecule has 0 aromatic heterocycles. The van der Waals surface area contributed by atoms with Gasteiger partial charge in [0.05, 0.1) is 25.8 Å². The number of allylic oxidation sites excluding steroid dienone is 3. The summed E-state index contributed by atoms with van der Waals surface area (Å²) in [7, 11) is 3.18. The van der Waals surface area contributed by atoms with Crippen LogP contribution in [0.15, 0.2) is 46.5 Å². The smallest absolute Gasteiger partial charge is 0.246 e. The molecule has 1 saturated heterocycles. The number of fused-ring (bicyclic) bond motifs is 1. The number of rotatable bonds is 7. The van der Waals surface area contributed by atoms with Crippen LogP contribution in [-0.4, -0.2) is 96.9 Å². The van der Waals surface area contributed by atoms with Crippen molar-refractivity contribution >= 4 is 51.2 Å². The van der Waals surface area contributed by atoms with Gasteiger partial charge in [0.25, 0.3) is 0 Å². The van der Waals surface area contributed by atoms with Crippen molar-refractivity contribution in [2.24, 2.45) is 5.92 Å². The van der Waals surface area contributed by atoms with E-state index in [-0.39, 0.29) is 35.9 Å². The number of hydrogen-bond acceptors (Lipinski definition) is 5. The van der Waals surface area contributed by atoms with Gasteiger partial charge in [-0.1, -0.05) is 52.8 Å². The zero-order chi connectivity index (χ0) is 29.4. The van der Waals surface area contributed by atoms with Crippen LogP contribution in [0.25, 0.3) is 0 Å². The van der Waals surface area contributed by atoms with Gasteiger partial charge < -0.3 is 24.8 Å². The summed E-state index contributed by atoms with van der Waals surface area (Å²) in [6.45, 7) is 8.57. The Kier molecular flexibility index (Phi) is 12.0. The summed E-state index contributed by atoms with van der Waals surface area (Å²) in [5.41, 5.74) is 0.629. The quantitative estimate of drug-likeness (QED) is 0.340. The number of hydrogen-bond donors (Lipinski definition) is 1. The molecule has 0 spiro atoms. The van der Waals surface area contributed by atoms with Crippen molar-refractivity contribution in [3.8, 4) is 0 Å². The van der Waals surface area contributed by atoms with Gasteiger partial charge in [-0.15, -0.1) is 0 Å². The predicted molar refractivity (Wildman–Crippen MR) is 159 cm³/mol. The van der Waals surface area contributed by atoms with Crippen molar-refractivity contribution in [3.05, 3.63) is 46.5 Å². The van der Waals surface area contributed by atoms with E-state index in [1.807, 2.05) is 12.2 Å². The Morgan fingerprint density at radius 3 is 2.60 bits per heavy atom. The van der Waals surface area contributed by atoms with Crippen molar-refractivity contribution in [2.45, 2.75) is 63.1 Å². The lowest BCUT2D eigenvalue weighted by atomic mass is 10.0. The van der Waals surface area contributed by atoms with E-state index in [0.29, 0.717) is 48.6 Å². The molecule has 11 heteroatoms. The van der Waals surface area contributed by atoms with E-state index in [1.165, 1.54) is 9.80 Å². The normalized spacial score (nSPS) is 26.2. The van der Waals surface area contributed by atoms with Gasteiger partial charge >= 0.3 is 0 Å². The lowest BCUT2D eigenvalue weighted by Crippen LogP contribution is -2.54. The van der Waals surface area contributed by atoms with E-state index < -0.39 is 23.9 Å². The third kappa shape index (κ3) is 9.04. The third-order valence-corrected chi connectivity index (χ3v) is 8.31. The Labute approximate surface area is 250 Å². The lowest BCUT2D eigenvalue weighted by molar-refractivity contribution is -0.146. The average molecular weight is 640 g/mol. The highest BCUT2D eigenvalue weighted by Gasteiger charge is 2.37. The first-order chi connectivity index (χ1) is 19.0. The molecule has 2 heterocycles. The molecule has 9 nitrogen and oxygen atoms in total. The Morgan fingerprint density at radius 1 is 1.23 bits per heavy atom. The first kappa shape index (κ1) is 32.1. The van der Waals surface area contributed by atoms with Gasteiger partial charge in [0.15, 0.2) is 0 Å². The van der Waals surface area contributed by atoms with Crippen LogP contribution in [0.1, 0.15) is 44.9 Å². The molecule has 0 radical (unpaired) electrons. The van der Waals surface area contributed by atoms with Crippen LogP contribution < -0.4 is 5.32 Å². The summed E-state index contributed by atoms with van der Waals surface area (Å²) in [4.78, 5) is 57.9. The maximum absolute atomic E-state index is 13.9. The maximum atomic E-state index is 13.9. The second-order valence-corrected chi connectivity index (χ2v) is 12.1. The topological polar surface area (TPSA) is 99.3 Å². The first-order valence-corrected chi connectivity index (χ1v) is 14.9. The Morgan fingerprint density at radius 2 is 1.95 bits per heavy atom. The van der Waals surface area contributed by atoms with E-state index >= 15 is 0 Å². The molecule has 1 N–H and O–H groups in total. The Bertz CT molecular complexity index is 1070. The van der Waals surface area contributed by atoms with Crippen molar-refractivity contribution < 1.29 is 23.9 Å². The number of amides is 4. The summed E-state index contributed by atoms with van der Waals surface area (Å²) < 4.78 is 6.40. The van der Waals surface area contributed by atoms with Gasteiger partial charge in [0.1, 0.15) is 12.1 Å². The highest BCUT2D eigenvalue weighted by Crippen LogP contribution is 2.33. The molecule has 0 aromatic carbocycles. The SMILES string of the molecule is C=C(Cl)/C=C(/C[C@H]1C(=O)N2CCCC2COC/C=C/CC(N(C)C(=O)CC2CC2)C(=O)NCC(=O)N1C)C(=C)Br. The largest absolute Gasteiger partial charge is 0.375 e. The molecular weight excluding hydrogens is 600 g/mol. The fraction of sp³-hybridized carbons (Fsp3) is 0.586.